The van der Waals surface area contributed by atoms with Gasteiger partial charge in [0.05, 0.1) is 43.4 Å². The fraction of sp³-hybridized carbons (Fsp3) is 0.742. The van der Waals surface area contributed by atoms with Crippen LogP contribution in [0.1, 0.15) is 75.3 Å². The third-order valence-corrected chi connectivity index (χ3v) is 7.80. The van der Waals surface area contributed by atoms with E-state index >= 15 is 0 Å². The number of aliphatic hydroxyl groups excluding tert-OH is 4. The van der Waals surface area contributed by atoms with Crippen LogP contribution in [0.4, 0.5) is 11.6 Å². The molecule has 3 saturated heterocycles. The number of hydrogen-bond acceptors (Lipinski definition) is 14. The Kier molecular flexibility index (Phi) is 12.9. The van der Waals surface area contributed by atoms with Gasteiger partial charge in [0, 0.05) is 12.4 Å². The van der Waals surface area contributed by atoms with Crippen LogP contribution >= 0.6 is 0 Å². The van der Waals surface area contributed by atoms with Crippen LogP contribution in [-0.2, 0) is 18.9 Å². The topological polar surface area (TPSA) is 240 Å². The minimum Gasteiger partial charge on any atom is -0.396 e. The quantitative estimate of drug-likeness (QED) is 0.256. The van der Waals surface area contributed by atoms with E-state index in [2.05, 4.69) is 37.7 Å². The first-order chi connectivity index (χ1) is 21.2. The molecule has 8 N–H and O–H groups in total. The van der Waals surface area contributed by atoms with Crippen molar-refractivity contribution in [2.45, 2.75) is 105 Å². The Balaban J connectivity index is 0.000000283. The summed E-state index contributed by atoms with van der Waals surface area (Å²) in [6.45, 7) is 15.2. The number of rotatable bonds is 5. The van der Waals surface area contributed by atoms with E-state index in [0.29, 0.717) is 12.0 Å². The molecule has 0 amide bonds. The molecule has 2 aromatic rings. The smallest absolute Gasteiger partial charge is 0.351 e. The molecule has 16 nitrogen and oxygen atoms in total. The molecule has 2 unspecified atom stereocenters. The maximum Gasteiger partial charge on any atom is 0.351 e. The predicted octanol–water partition coefficient (Wildman–Crippen LogP) is 0.636. The summed E-state index contributed by atoms with van der Waals surface area (Å²) in [6, 6.07) is 2.95. The highest BCUT2D eigenvalue weighted by atomic mass is 16.7. The van der Waals surface area contributed by atoms with E-state index in [9.17, 15) is 24.9 Å². The minimum atomic E-state index is -1.12. The second-order valence-corrected chi connectivity index (χ2v) is 14.3. The van der Waals surface area contributed by atoms with Crippen molar-refractivity contribution in [2.75, 3.05) is 37.9 Å². The molecular weight excluding hydrogens is 616 g/mol. The molecule has 2 aromatic heterocycles. The number of nitrogens with two attached hydrogens (primary N) is 2. The summed E-state index contributed by atoms with van der Waals surface area (Å²) in [5.74, 6) is -0.540. The van der Waals surface area contributed by atoms with Gasteiger partial charge in [-0.05, 0) is 31.4 Å². The molecule has 0 aromatic carbocycles. The van der Waals surface area contributed by atoms with Crippen LogP contribution in [0.5, 0.6) is 0 Å². The van der Waals surface area contributed by atoms with E-state index < -0.39 is 78.1 Å². The van der Waals surface area contributed by atoms with Gasteiger partial charge < -0.3 is 50.8 Å². The SMILES string of the molecule is C.CC(C)(C)C.CC1(C)OC[C@@]2(C)C(O1)[C@@H](CO)O[C@H]2n1ccc(N)nc1=O.C[C@]1(CO)C(O)[C@@H](CO)O[C@H]1n1ccc(N)nc1=O. The Morgan fingerprint density at radius 1 is 0.872 bits per heavy atom. The van der Waals surface area contributed by atoms with Gasteiger partial charge in [0.1, 0.15) is 42.4 Å². The summed E-state index contributed by atoms with van der Waals surface area (Å²) < 4.78 is 25.6. The van der Waals surface area contributed by atoms with E-state index in [1.807, 2.05) is 20.8 Å². The third-order valence-electron chi connectivity index (χ3n) is 7.80. The number of fused-ring (bicyclic) bond motifs is 1. The fourth-order valence-electron chi connectivity index (χ4n) is 5.39. The summed E-state index contributed by atoms with van der Waals surface area (Å²) in [7, 11) is 0. The lowest BCUT2D eigenvalue weighted by molar-refractivity contribution is -0.314. The zero-order chi connectivity index (χ0) is 34.8. The van der Waals surface area contributed by atoms with Crippen LogP contribution in [0, 0.1) is 16.2 Å². The van der Waals surface area contributed by atoms with Crippen molar-refractivity contribution in [2.24, 2.45) is 16.2 Å². The van der Waals surface area contributed by atoms with E-state index in [1.165, 1.54) is 29.1 Å². The van der Waals surface area contributed by atoms with Gasteiger partial charge in [-0.1, -0.05) is 49.0 Å². The van der Waals surface area contributed by atoms with Crippen LogP contribution in [0.3, 0.4) is 0 Å². The van der Waals surface area contributed by atoms with Gasteiger partial charge in [-0.2, -0.15) is 9.97 Å². The molecule has 3 fully saturated rings. The highest BCUT2D eigenvalue weighted by Gasteiger charge is 2.60. The van der Waals surface area contributed by atoms with Crippen molar-refractivity contribution in [1.29, 1.82) is 0 Å². The number of nitrogens with zero attached hydrogens (tertiary/aromatic N) is 4. The lowest BCUT2D eigenvalue weighted by Gasteiger charge is -2.45. The first kappa shape index (κ1) is 40.2. The second kappa shape index (κ2) is 15.1. The van der Waals surface area contributed by atoms with E-state index in [-0.39, 0.29) is 25.7 Å². The monoisotopic (exact) mass is 670 g/mol. The maximum atomic E-state index is 12.1. The number of aliphatic hydroxyl groups is 4. The Morgan fingerprint density at radius 2 is 1.32 bits per heavy atom. The van der Waals surface area contributed by atoms with Crippen LogP contribution in [-0.4, -0.2) is 96.2 Å². The summed E-state index contributed by atoms with van der Waals surface area (Å²) in [4.78, 5) is 31.2. The predicted molar refractivity (Wildman–Crippen MR) is 174 cm³/mol. The highest BCUT2D eigenvalue weighted by Crippen LogP contribution is 2.51. The van der Waals surface area contributed by atoms with Gasteiger partial charge >= 0.3 is 11.4 Å². The first-order valence-electron chi connectivity index (χ1n) is 15.0. The summed E-state index contributed by atoms with van der Waals surface area (Å²) >= 11 is 0. The standard InChI is InChI=1S/C14H21N3O5.C11H17N3O5.C5H12.CH4/c1-13(2)20-7-14(3)10(22-13)8(6-18)21-11(14)17-5-4-9(15)16-12(17)19;1-11(5-16)8(17)6(4-15)19-9(11)14-3-2-7(12)13-10(14)18;1-5(2,3)4;/h4-5,8,10-11,18H,6-7H2,1-3H3,(H2,15,16,19);2-3,6,8-9,15-17H,4-5H2,1H3,(H2,12,13,18);1-4H3;1H4/t8-,10?,11-,14+;6-,8?,9-,11+;;/m11../s1. The average molecular weight is 671 g/mol. The van der Waals surface area contributed by atoms with Crippen LogP contribution < -0.4 is 22.8 Å². The van der Waals surface area contributed by atoms with Gasteiger partial charge in [-0.25, -0.2) is 9.59 Å². The highest BCUT2D eigenvalue weighted by molar-refractivity contribution is 5.24. The molecule has 5 rings (SSSR count). The molecule has 5 heterocycles. The van der Waals surface area contributed by atoms with Crippen molar-refractivity contribution in [3.8, 4) is 0 Å². The van der Waals surface area contributed by atoms with Crippen LogP contribution in [0.2, 0.25) is 0 Å². The van der Waals surface area contributed by atoms with Crippen LogP contribution in [0.25, 0.3) is 0 Å². The molecular formula is C31H54N6O10. The average Bonchev–Trinajstić information content (AvgIpc) is 3.38. The normalized spacial score (nSPS) is 32.6. The number of anilines is 2. The molecule has 0 bridgehead atoms. The molecule has 16 heteroatoms. The largest absolute Gasteiger partial charge is 0.396 e. The summed E-state index contributed by atoms with van der Waals surface area (Å²) in [5, 5.41) is 38.3. The van der Waals surface area contributed by atoms with E-state index in [4.69, 9.17) is 35.5 Å². The lowest BCUT2D eigenvalue weighted by Crippen LogP contribution is -2.55. The number of aromatic nitrogens is 4. The Hall–Kier alpha value is -2.96. The van der Waals surface area contributed by atoms with E-state index in [0.717, 1.165) is 4.57 Å². The number of ether oxygens (including phenoxy) is 4. The molecule has 268 valence electrons. The molecule has 0 spiro atoms. The van der Waals surface area contributed by atoms with Crippen molar-refractivity contribution in [3.63, 3.8) is 0 Å². The molecule has 3 aliphatic rings. The van der Waals surface area contributed by atoms with Crippen LogP contribution in [0.15, 0.2) is 34.1 Å². The number of hydrogen-bond donors (Lipinski definition) is 6. The van der Waals surface area contributed by atoms with Crippen molar-refractivity contribution >= 4 is 11.6 Å². The van der Waals surface area contributed by atoms with Gasteiger partial charge in [0.15, 0.2) is 5.79 Å². The minimum absolute atomic E-state index is 0. The van der Waals surface area contributed by atoms with Crippen molar-refractivity contribution in [1.82, 2.24) is 19.1 Å². The zero-order valence-electron chi connectivity index (χ0n) is 27.8. The summed E-state index contributed by atoms with van der Waals surface area (Å²) in [5.41, 5.74) is 8.54. The van der Waals surface area contributed by atoms with Gasteiger partial charge in [-0.15, -0.1) is 0 Å². The first-order valence-corrected chi connectivity index (χ1v) is 15.0. The van der Waals surface area contributed by atoms with Crippen molar-refractivity contribution in [3.05, 3.63) is 45.5 Å². The van der Waals surface area contributed by atoms with E-state index in [1.54, 1.807) is 6.92 Å². The molecule has 0 aliphatic carbocycles. The molecule has 0 radical (unpaired) electrons. The zero-order valence-corrected chi connectivity index (χ0v) is 27.8. The molecule has 3 aliphatic heterocycles. The molecule has 0 saturated carbocycles. The second-order valence-electron chi connectivity index (χ2n) is 14.3. The molecule has 8 atom stereocenters. The Morgan fingerprint density at radius 3 is 1.74 bits per heavy atom. The van der Waals surface area contributed by atoms with Crippen molar-refractivity contribution < 1.29 is 39.4 Å². The Labute approximate surface area is 275 Å². The number of nitrogen functional groups attached to an aromatic ring is 2. The Bertz CT molecular complexity index is 1440. The fourth-order valence-corrected chi connectivity index (χ4v) is 5.39. The maximum absolute atomic E-state index is 12.1. The van der Waals surface area contributed by atoms with Gasteiger partial charge in [0.25, 0.3) is 0 Å². The van der Waals surface area contributed by atoms with Gasteiger partial charge in [0.2, 0.25) is 0 Å². The lowest BCUT2D eigenvalue weighted by atomic mass is 9.81. The summed E-state index contributed by atoms with van der Waals surface area (Å²) in [6.07, 6.45) is -1.55. The van der Waals surface area contributed by atoms with Gasteiger partial charge in [-0.3, -0.25) is 9.13 Å². The third kappa shape index (κ3) is 8.94. The molecule has 47 heavy (non-hydrogen) atoms.